The molecule has 0 saturated carbocycles. The molecule has 0 aliphatic heterocycles. The van der Waals surface area contributed by atoms with Crippen LogP contribution in [0.4, 0.5) is 5.69 Å². The Balaban J connectivity index is 2.11. The minimum absolute atomic E-state index is 0.599. The van der Waals surface area contributed by atoms with Crippen LogP contribution in [-0.4, -0.2) is 7.05 Å². The molecule has 2 N–H and O–H groups in total. The third kappa shape index (κ3) is 2.90. The third-order valence-electron chi connectivity index (χ3n) is 3.28. The first-order valence-corrected chi connectivity index (χ1v) is 6.25. The van der Waals surface area contributed by atoms with Crippen LogP contribution < -0.4 is 10.6 Å². The van der Waals surface area contributed by atoms with Gasteiger partial charge in [-0.25, -0.2) is 0 Å². The van der Waals surface area contributed by atoms with Gasteiger partial charge in [0, 0.05) is 25.8 Å². The molecule has 0 radical (unpaired) electrons. The van der Waals surface area contributed by atoms with E-state index >= 15 is 0 Å². The topological polar surface area (TPSA) is 29.3 Å². The maximum Gasteiger partial charge on any atom is 0.0428 e. The van der Waals surface area contributed by atoms with Crippen molar-refractivity contribution in [1.82, 2.24) is 0 Å². The molecule has 0 unspecified atom stereocenters. The third-order valence-corrected chi connectivity index (χ3v) is 3.28. The first-order valence-electron chi connectivity index (χ1n) is 6.25. The van der Waals surface area contributed by atoms with Gasteiger partial charge in [-0.1, -0.05) is 36.4 Å². The molecule has 94 valence electrons. The highest BCUT2D eigenvalue weighted by Crippen LogP contribution is 2.17. The number of nitrogens with zero attached hydrogens (tertiary/aromatic N) is 1. The summed E-state index contributed by atoms with van der Waals surface area (Å²) in [5, 5.41) is 0. The fraction of sp³-hybridized carbons (Fsp3) is 0.250. The number of nitrogens with two attached hydrogens (primary N) is 1. The number of hydrogen-bond acceptors (Lipinski definition) is 2. The Kier molecular flexibility index (Phi) is 4.00. The van der Waals surface area contributed by atoms with Crippen molar-refractivity contribution in [3.8, 4) is 0 Å². The zero-order chi connectivity index (χ0) is 13.0. The number of aryl methyl sites for hydroxylation is 1. The van der Waals surface area contributed by atoms with Crippen molar-refractivity contribution in [1.29, 1.82) is 0 Å². The maximum absolute atomic E-state index is 5.61. The van der Waals surface area contributed by atoms with Gasteiger partial charge in [-0.15, -0.1) is 0 Å². The molecular weight excluding hydrogens is 220 g/mol. The van der Waals surface area contributed by atoms with E-state index in [9.17, 15) is 0 Å². The monoisotopic (exact) mass is 240 g/mol. The van der Waals surface area contributed by atoms with Crippen LogP contribution in [0, 0.1) is 6.92 Å². The highest BCUT2D eigenvalue weighted by Gasteiger charge is 2.03. The molecule has 2 aromatic rings. The van der Waals surface area contributed by atoms with E-state index in [-0.39, 0.29) is 0 Å². The van der Waals surface area contributed by atoms with E-state index in [0.29, 0.717) is 6.54 Å². The number of anilines is 1. The van der Waals surface area contributed by atoms with Crippen molar-refractivity contribution in [3.63, 3.8) is 0 Å². The fourth-order valence-electron chi connectivity index (χ4n) is 2.02. The van der Waals surface area contributed by atoms with Gasteiger partial charge in [0.15, 0.2) is 0 Å². The van der Waals surface area contributed by atoms with Crippen LogP contribution >= 0.6 is 0 Å². The van der Waals surface area contributed by atoms with Crippen molar-refractivity contribution in [3.05, 3.63) is 65.2 Å². The van der Waals surface area contributed by atoms with Gasteiger partial charge < -0.3 is 10.6 Å². The second-order valence-corrected chi connectivity index (χ2v) is 4.65. The lowest BCUT2D eigenvalue weighted by molar-refractivity contribution is 0.913. The zero-order valence-corrected chi connectivity index (χ0v) is 11.1. The standard InChI is InChI=1S/C16H20N2/c1-13-5-3-4-6-15(13)12-18(2)16-9-7-14(11-17)8-10-16/h3-10H,11-12,17H2,1-2H3. The van der Waals surface area contributed by atoms with Gasteiger partial charge in [-0.2, -0.15) is 0 Å². The number of rotatable bonds is 4. The first kappa shape index (κ1) is 12.7. The average Bonchev–Trinajstić information content (AvgIpc) is 2.41. The molecule has 0 spiro atoms. The molecule has 2 heteroatoms. The van der Waals surface area contributed by atoms with E-state index in [4.69, 9.17) is 5.73 Å². The van der Waals surface area contributed by atoms with E-state index in [1.54, 1.807) is 0 Å². The first-order chi connectivity index (χ1) is 8.70. The molecule has 2 nitrogen and oxygen atoms in total. The summed E-state index contributed by atoms with van der Waals surface area (Å²) < 4.78 is 0. The maximum atomic E-state index is 5.61. The van der Waals surface area contributed by atoms with E-state index in [1.807, 2.05) is 0 Å². The zero-order valence-electron chi connectivity index (χ0n) is 11.1. The molecule has 0 aromatic heterocycles. The Morgan fingerprint density at radius 1 is 1.00 bits per heavy atom. The molecule has 0 aliphatic rings. The lowest BCUT2D eigenvalue weighted by atomic mass is 10.1. The highest BCUT2D eigenvalue weighted by molar-refractivity contribution is 5.48. The molecule has 18 heavy (non-hydrogen) atoms. The molecule has 2 rings (SSSR count). The minimum atomic E-state index is 0.599. The van der Waals surface area contributed by atoms with Crippen molar-refractivity contribution in [2.75, 3.05) is 11.9 Å². The van der Waals surface area contributed by atoms with E-state index in [2.05, 4.69) is 67.4 Å². The molecular formula is C16H20N2. The SMILES string of the molecule is Cc1ccccc1CN(C)c1ccc(CN)cc1. The van der Waals surface area contributed by atoms with Gasteiger partial charge in [0.1, 0.15) is 0 Å². The summed E-state index contributed by atoms with van der Waals surface area (Å²) in [6.45, 7) is 3.68. The van der Waals surface area contributed by atoms with Crippen molar-refractivity contribution < 1.29 is 0 Å². The van der Waals surface area contributed by atoms with E-state index in [0.717, 1.165) is 6.54 Å². The predicted octanol–water partition coefficient (Wildman–Crippen LogP) is 3.09. The van der Waals surface area contributed by atoms with Crippen LogP contribution in [0.15, 0.2) is 48.5 Å². The summed E-state index contributed by atoms with van der Waals surface area (Å²) in [6, 6.07) is 16.9. The normalized spacial score (nSPS) is 10.4. The van der Waals surface area contributed by atoms with Gasteiger partial charge in [0.2, 0.25) is 0 Å². The van der Waals surface area contributed by atoms with E-state index in [1.165, 1.54) is 22.4 Å². The molecule has 2 aromatic carbocycles. The number of hydrogen-bond donors (Lipinski definition) is 1. The van der Waals surface area contributed by atoms with E-state index < -0.39 is 0 Å². The fourth-order valence-corrected chi connectivity index (χ4v) is 2.02. The lowest BCUT2D eigenvalue weighted by Gasteiger charge is -2.20. The van der Waals surface area contributed by atoms with Gasteiger partial charge in [0.05, 0.1) is 0 Å². The van der Waals surface area contributed by atoms with Crippen LogP contribution in [0.2, 0.25) is 0 Å². The van der Waals surface area contributed by atoms with Gasteiger partial charge in [-0.05, 0) is 35.7 Å². The molecule has 0 fully saturated rings. The molecule has 0 saturated heterocycles. The van der Waals surface area contributed by atoms with Gasteiger partial charge in [0.25, 0.3) is 0 Å². The van der Waals surface area contributed by atoms with Crippen molar-refractivity contribution in [2.45, 2.75) is 20.0 Å². The number of benzene rings is 2. The summed E-state index contributed by atoms with van der Waals surface area (Å²) in [5.41, 5.74) is 10.7. The largest absolute Gasteiger partial charge is 0.370 e. The van der Waals surface area contributed by atoms with Crippen LogP contribution in [0.5, 0.6) is 0 Å². The smallest absolute Gasteiger partial charge is 0.0428 e. The van der Waals surface area contributed by atoms with Crippen LogP contribution in [0.25, 0.3) is 0 Å². The quantitative estimate of drug-likeness (QED) is 0.889. The predicted molar refractivity (Wildman–Crippen MR) is 77.6 cm³/mol. The molecule has 0 aliphatic carbocycles. The molecule has 0 heterocycles. The van der Waals surface area contributed by atoms with Crippen LogP contribution in [-0.2, 0) is 13.1 Å². The second-order valence-electron chi connectivity index (χ2n) is 4.65. The molecule has 0 atom stereocenters. The molecule has 0 bridgehead atoms. The average molecular weight is 240 g/mol. The summed E-state index contributed by atoms with van der Waals surface area (Å²) in [4.78, 5) is 2.25. The Bertz CT molecular complexity index is 503. The summed E-state index contributed by atoms with van der Waals surface area (Å²) in [7, 11) is 2.11. The summed E-state index contributed by atoms with van der Waals surface area (Å²) in [5.74, 6) is 0. The Morgan fingerprint density at radius 2 is 1.67 bits per heavy atom. The van der Waals surface area contributed by atoms with Crippen LogP contribution in [0.1, 0.15) is 16.7 Å². The summed E-state index contributed by atoms with van der Waals surface area (Å²) in [6.07, 6.45) is 0. The highest BCUT2D eigenvalue weighted by atomic mass is 15.1. The lowest BCUT2D eigenvalue weighted by Crippen LogP contribution is -2.17. The van der Waals surface area contributed by atoms with Gasteiger partial charge in [-0.3, -0.25) is 0 Å². The Morgan fingerprint density at radius 3 is 2.28 bits per heavy atom. The second kappa shape index (κ2) is 5.69. The van der Waals surface area contributed by atoms with Gasteiger partial charge >= 0.3 is 0 Å². The van der Waals surface area contributed by atoms with Crippen LogP contribution in [0.3, 0.4) is 0 Å². The minimum Gasteiger partial charge on any atom is -0.370 e. The molecule has 0 amide bonds. The van der Waals surface area contributed by atoms with Crippen molar-refractivity contribution in [2.24, 2.45) is 5.73 Å². The Labute approximate surface area is 109 Å². The van der Waals surface area contributed by atoms with Crippen molar-refractivity contribution >= 4 is 5.69 Å². The Hall–Kier alpha value is -1.80. The summed E-state index contributed by atoms with van der Waals surface area (Å²) >= 11 is 0.